The van der Waals surface area contributed by atoms with Gasteiger partial charge in [0.25, 0.3) is 0 Å². The lowest BCUT2D eigenvalue weighted by atomic mass is 9.96. The zero-order chi connectivity index (χ0) is 16.3. The van der Waals surface area contributed by atoms with Gasteiger partial charge in [0.2, 0.25) is 10.0 Å². The van der Waals surface area contributed by atoms with Crippen molar-refractivity contribution >= 4 is 16.0 Å². The number of sulfonamides is 1. The standard InChI is InChI=1S/C15H22N2O4S/c1-11-9-17(7-6-14(11)16)22(19,20)10-12-4-3-5-13(8-12)15(18)21-2/h3-5,8,11,14H,6-7,9-10,16H2,1-2H3. The zero-order valence-electron chi connectivity index (χ0n) is 12.9. The van der Waals surface area contributed by atoms with E-state index in [4.69, 9.17) is 5.73 Å². The average molecular weight is 326 g/mol. The summed E-state index contributed by atoms with van der Waals surface area (Å²) in [6.07, 6.45) is 0.669. The molecule has 1 aliphatic rings. The summed E-state index contributed by atoms with van der Waals surface area (Å²) in [5, 5.41) is 0. The molecule has 1 fully saturated rings. The Balaban J connectivity index is 2.14. The molecule has 2 rings (SSSR count). The van der Waals surface area contributed by atoms with Gasteiger partial charge < -0.3 is 10.5 Å². The van der Waals surface area contributed by atoms with Gasteiger partial charge in [0.05, 0.1) is 18.4 Å². The fraction of sp³-hybridized carbons (Fsp3) is 0.533. The van der Waals surface area contributed by atoms with Gasteiger partial charge in [-0.15, -0.1) is 0 Å². The number of esters is 1. The van der Waals surface area contributed by atoms with Crippen LogP contribution in [0.15, 0.2) is 24.3 Å². The molecule has 2 atom stereocenters. The highest BCUT2D eigenvalue weighted by molar-refractivity contribution is 7.88. The Morgan fingerprint density at radius 2 is 2.18 bits per heavy atom. The number of hydrogen-bond donors (Lipinski definition) is 1. The number of rotatable bonds is 4. The summed E-state index contributed by atoms with van der Waals surface area (Å²) in [7, 11) is -2.12. The molecule has 0 aromatic heterocycles. The molecular formula is C15H22N2O4S. The molecule has 0 radical (unpaired) electrons. The number of hydrogen-bond acceptors (Lipinski definition) is 5. The van der Waals surface area contributed by atoms with Crippen LogP contribution in [0.5, 0.6) is 0 Å². The molecule has 0 amide bonds. The fourth-order valence-corrected chi connectivity index (χ4v) is 4.22. The van der Waals surface area contributed by atoms with Gasteiger partial charge in [-0.1, -0.05) is 19.1 Å². The number of carbonyl (C=O) groups excluding carboxylic acids is 1. The third-order valence-corrected chi connectivity index (χ3v) is 5.84. The fourth-order valence-electron chi connectivity index (χ4n) is 2.59. The predicted octanol–water partition coefficient (Wildman–Crippen LogP) is 0.972. The first-order chi connectivity index (χ1) is 10.3. The zero-order valence-corrected chi connectivity index (χ0v) is 13.7. The number of methoxy groups -OCH3 is 1. The van der Waals surface area contributed by atoms with Crippen LogP contribution in [0.1, 0.15) is 29.3 Å². The number of nitrogens with two attached hydrogens (primary N) is 1. The minimum atomic E-state index is -3.42. The topological polar surface area (TPSA) is 89.7 Å². The summed E-state index contributed by atoms with van der Waals surface area (Å²) in [4.78, 5) is 11.5. The third-order valence-electron chi connectivity index (χ3n) is 4.02. The van der Waals surface area contributed by atoms with Crippen LogP contribution in [0.3, 0.4) is 0 Å². The van der Waals surface area contributed by atoms with Gasteiger partial charge >= 0.3 is 5.97 Å². The van der Waals surface area contributed by atoms with E-state index < -0.39 is 16.0 Å². The van der Waals surface area contributed by atoms with Gasteiger partial charge in [-0.2, -0.15) is 0 Å². The smallest absolute Gasteiger partial charge is 0.337 e. The number of benzene rings is 1. The minimum Gasteiger partial charge on any atom is -0.465 e. The number of carbonyl (C=O) groups is 1. The first kappa shape index (κ1) is 16.9. The highest BCUT2D eigenvalue weighted by atomic mass is 32.2. The van der Waals surface area contributed by atoms with Crippen molar-refractivity contribution in [1.29, 1.82) is 0 Å². The van der Waals surface area contributed by atoms with Gasteiger partial charge in [-0.05, 0) is 30.0 Å². The molecule has 1 aliphatic heterocycles. The van der Waals surface area contributed by atoms with E-state index >= 15 is 0 Å². The van der Waals surface area contributed by atoms with Crippen LogP contribution in [0.2, 0.25) is 0 Å². The van der Waals surface area contributed by atoms with E-state index in [1.54, 1.807) is 24.3 Å². The molecule has 0 aliphatic carbocycles. The molecule has 0 spiro atoms. The van der Waals surface area contributed by atoms with E-state index in [2.05, 4.69) is 4.74 Å². The molecular weight excluding hydrogens is 304 g/mol. The van der Waals surface area contributed by atoms with Gasteiger partial charge in [0.1, 0.15) is 0 Å². The van der Waals surface area contributed by atoms with Crippen LogP contribution >= 0.6 is 0 Å². The maximum Gasteiger partial charge on any atom is 0.337 e. The van der Waals surface area contributed by atoms with E-state index in [0.29, 0.717) is 30.6 Å². The third kappa shape index (κ3) is 3.85. The van der Waals surface area contributed by atoms with E-state index in [0.717, 1.165) is 0 Å². The van der Waals surface area contributed by atoms with Gasteiger partial charge in [-0.3, -0.25) is 0 Å². The monoisotopic (exact) mass is 326 g/mol. The van der Waals surface area contributed by atoms with Crippen LogP contribution in [0, 0.1) is 5.92 Å². The van der Waals surface area contributed by atoms with Crippen molar-refractivity contribution in [1.82, 2.24) is 4.31 Å². The highest BCUT2D eigenvalue weighted by Crippen LogP contribution is 2.21. The first-order valence-electron chi connectivity index (χ1n) is 7.24. The molecule has 1 heterocycles. The van der Waals surface area contributed by atoms with Gasteiger partial charge in [0.15, 0.2) is 0 Å². The average Bonchev–Trinajstić information content (AvgIpc) is 2.49. The maximum absolute atomic E-state index is 12.5. The molecule has 1 aromatic rings. The number of piperidine rings is 1. The lowest BCUT2D eigenvalue weighted by Gasteiger charge is -2.34. The maximum atomic E-state index is 12.5. The minimum absolute atomic E-state index is 0.0501. The molecule has 2 unspecified atom stereocenters. The summed E-state index contributed by atoms with van der Waals surface area (Å²) >= 11 is 0. The summed E-state index contributed by atoms with van der Waals surface area (Å²) in [6.45, 7) is 2.86. The van der Waals surface area contributed by atoms with Gasteiger partial charge in [0, 0.05) is 19.1 Å². The van der Waals surface area contributed by atoms with Crippen molar-refractivity contribution in [3.05, 3.63) is 35.4 Å². The van der Waals surface area contributed by atoms with Crippen molar-refractivity contribution in [2.45, 2.75) is 25.1 Å². The number of nitrogens with zero attached hydrogens (tertiary/aromatic N) is 1. The predicted molar refractivity (Wildman–Crippen MR) is 83.7 cm³/mol. The summed E-state index contributed by atoms with van der Waals surface area (Å²) in [6, 6.07) is 6.57. The summed E-state index contributed by atoms with van der Waals surface area (Å²) in [5.74, 6) is -0.457. The molecule has 6 nitrogen and oxygen atoms in total. The SMILES string of the molecule is COC(=O)c1cccc(CS(=O)(=O)N2CCC(N)C(C)C2)c1. The molecule has 1 aromatic carbocycles. The van der Waals surface area contributed by atoms with Crippen LogP contribution < -0.4 is 5.73 Å². The van der Waals surface area contributed by atoms with E-state index in [9.17, 15) is 13.2 Å². The van der Waals surface area contributed by atoms with Crippen LogP contribution in [0.4, 0.5) is 0 Å². The Bertz CT molecular complexity index is 645. The van der Waals surface area contributed by atoms with E-state index in [1.165, 1.54) is 11.4 Å². The molecule has 0 bridgehead atoms. The Labute approximate surface area is 131 Å². The van der Waals surface area contributed by atoms with Crippen molar-refractivity contribution < 1.29 is 17.9 Å². The highest BCUT2D eigenvalue weighted by Gasteiger charge is 2.30. The summed E-state index contributed by atoms with van der Waals surface area (Å²) in [5.41, 5.74) is 6.86. The van der Waals surface area contributed by atoms with Crippen molar-refractivity contribution in [3.63, 3.8) is 0 Å². The molecule has 7 heteroatoms. The van der Waals surface area contributed by atoms with Crippen LogP contribution in [-0.4, -0.2) is 44.9 Å². The largest absolute Gasteiger partial charge is 0.465 e. The quantitative estimate of drug-likeness (QED) is 0.833. The Morgan fingerprint density at radius 1 is 1.45 bits per heavy atom. The second kappa shape index (κ2) is 6.76. The van der Waals surface area contributed by atoms with Crippen molar-refractivity contribution in [3.8, 4) is 0 Å². The van der Waals surface area contributed by atoms with Gasteiger partial charge in [-0.25, -0.2) is 17.5 Å². The second-order valence-corrected chi connectivity index (χ2v) is 7.70. The molecule has 122 valence electrons. The molecule has 22 heavy (non-hydrogen) atoms. The normalized spacial score (nSPS) is 23.2. The van der Waals surface area contributed by atoms with E-state index in [-0.39, 0.29) is 17.7 Å². The molecule has 2 N–H and O–H groups in total. The van der Waals surface area contributed by atoms with Crippen LogP contribution in [-0.2, 0) is 20.5 Å². The number of ether oxygens (including phenoxy) is 1. The lowest BCUT2D eigenvalue weighted by molar-refractivity contribution is 0.0600. The van der Waals surface area contributed by atoms with Crippen LogP contribution in [0.25, 0.3) is 0 Å². The van der Waals surface area contributed by atoms with E-state index in [1.807, 2.05) is 6.92 Å². The summed E-state index contributed by atoms with van der Waals surface area (Å²) < 4.78 is 31.2. The Kier molecular flexibility index (Phi) is 5.20. The molecule has 0 saturated carbocycles. The Hall–Kier alpha value is -1.44. The Morgan fingerprint density at radius 3 is 2.82 bits per heavy atom. The lowest BCUT2D eigenvalue weighted by Crippen LogP contribution is -2.48. The second-order valence-electron chi connectivity index (χ2n) is 5.74. The first-order valence-corrected chi connectivity index (χ1v) is 8.85. The van der Waals surface area contributed by atoms with Crippen molar-refractivity contribution in [2.24, 2.45) is 11.7 Å². The molecule has 1 saturated heterocycles. The van der Waals surface area contributed by atoms with Crippen molar-refractivity contribution in [2.75, 3.05) is 20.2 Å².